The Labute approximate surface area is 133 Å². The van der Waals surface area contributed by atoms with E-state index in [0.29, 0.717) is 6.04 Å². The van der Waals surface area contributed by atoms with Gasteiger partial charge in [0.25, 0.3) is 0 Å². The van der Waals surface area contributed by atoms with Crippen molar-refractivity contribution in [2.75, 3.05) is 18.0 Å². The minimum atomic E-state index is 0.508. The molecule has 3 rings (SSSR count). The summed E-state index contributed by atoms with van der Waals surface area (Å²) in [6.07, 6.45) is 5.62. The van der Waals surface area contributed by atoms with Crippen molar-refractivity contribution in [3.8, 4) is 0 Å². The highest BCUT2D eigenvalue weighted by atomic mass is 35.5. The van der Waals surface area contributed by atoms with Crippen molar-refractivity contribution in [3.63, 3.8) is 0 Å². The molecule has 0 saturated heterocycles. The first-order valence-corrected chi connectivity index (χ1v) is 8.76. The predicted molar refractivity (Wildman–Crippen MR) is 91.1 cm³/mol. The zero-order valence-corrected chi connectivity index (χ0v) is 14.0. The molecule has 2 fully saturated rings. The lowest BCUT2D eigenvalue weighted by atomic mass is 10.1. The number of benzene rings is 1. The van der Waals surface area contributed by atoms with Gasteiger partial charge in [0.2, 0.25) is 0 Å². The summed E-state index contributed by atoms with van der Waals surface area (Å²) in [6, 6.07) is 6.90. The van der Waals surface area contributed by atoms with Crippen molar-refractivity contribution in [1.29, 1.82) is 0 Å². The summed E-state index contributed by atoms with van der Waals surface area (Å²) in [7, 11) is 0. The first kappa shape index (κ1) is 15.2. The molecule has 2 aliphatic carbocycles. The van der Waals surface area contributed by atoms with Gasteiger partial charge < -0.3 is 10.2 Å². The molecule has 0 heterocycles. The third-order valence-electron chi connectivity index (χ3n) is 4.44. The highest BCUT2D eigenvalue weighted by Gasteiger charge is 2.30. The lowest BCUT2D eigenvalue weighted by Gasteiger charge is -2.28. The highest BCUT2D eigenvalue weighted by Crippen LogP contribution is 2.37. The van der Waals surface area contributed by atoms with Gasteiger partial charge in [-0.25, -0.2) is 0 Å². The van der Waals surface area contributed by atoms with Gasteiger partial charge in [-0.15, -0.1) is 0 Å². The molecular formula is C18H27ClN2. The molecule has 2 aliphatic rings. The van der Waals surface area contributed by atoms with E-state index in [1.807, 2.05) is 6.07 Å². The van der Waals surface area contributed by atoms with Crippen LogP contribution in [0.25, 0.3) is 0 Å². The molecule has 0 atom stereocenters. The van der Waals surface area contributed by atoms with E-state index >= 15 is 0 Å². The van der Waals surface area contributed by atoms with Crippen molar-refractivity contribution < 1.29 is 0 Å². The van der Waals surface area contributed by atoms with Gasteiger partial charge in [0, 0.05) is 36.4 Å². The van der Waals surface area contributed by atoms with Gasteiger partial charge in [0.05, 0.1) is 0 Å². The summed E-state index contributed by atoms with van der Waals surface area (Å²) in [4.78, 5) is 2.61. The fraction of sp³-hybridized carbons (Fsp3) is 0.667. The average molecular weight is 307 g/mol. The topological polar surface area (TPSA) is 15.3 Å². The SMILES string of the molecule is CC(C)NCc1ccc(Cl)cc1N(CC1CC1)CC1CC1. The van der Waals surface area contributed by atoms with Crippen molar-refractivity contribution in [2.24, 2.45) is 11.8 Å². The van der Waals surface area contributed by atoms with E-state index in [1.54, 1.807) is 0 Å². The summed E-state index contributed by atoms with van der Waals surface area (Å²) >= 11 is 6.28. The van der Waals surface area contributed by atoms with Crippen LogP contribution in [0.5, 0.6) is 0 Å². The second-order valence-corrected chi connectivity index (χ2v) is 7.54. The Kier molecular flexibility index (Phi) is 4.75. The van der Waals surface area contributed by atoms with Crippen LogP contribution in [-0.4, -0.2) is 19.1 Å². The largest absolute Gasteiger partial charge is 0.371 e. The van der Waals surface area contributed by atoms with Gasteiger partial charge in [-0.05, 0) is 55.2 Å². The van der Waals surface area contributed by atoms with Crippen LogP contribution in [0.3, 0.4) is 0 Å². The molecule has 0 aromatic heterocycles. The smallest absolute Gasteiger partial charge is 0.0426 e. The maximum absolute atomic E-state index is 6.28. The summed E-state index contributed by atoms with van der Waals surface area (Å²) in [5, 5.41) is 4.40. The van der Waals surface area contributed by atoms with Gasteiger partial charge in [0.15, 0.2) is 0 Å². The number of nitrogens with one attached hydrogen (secondary N) is 1. The van der Waals surface area contributed by atoms with E-state index in [9.17, 15) is 0 Å². The third kappa shape index (κ3) is 4.62. The van der Waals surface area contributed by atoms with E-state index in [1.165, 1.54) is 50.0 Å². The Balaban J connectivity index is 1.78. The van der Waals surface area contributed by atoms with Crippen LogP contribution in [0.15, 0.2) is 18.2 Å². The Morgan fingerprint density at radius 2 is 1.76 bits per heavy atom. The number of nitrogens with zero attached hydrogens (tertiary/aromatic N) is 1. The summed E-state index contributed by atoms with van der Waals surface area (Å²) in [5.74, 6) is 1.82. The number of rotatable bonds is 8. The van der Waals surface area contributed by atoms with Crippen LogP contribution in [0, 0.1) is 11.8 Å². The Morgan fingerprint density at radius 3 is 2.29 bits per heavy atom. The molecule has 0 aliphatic heterocycles. The Morgan fingerprint density at radius 1 is 1.14 bits per heavy atom. The highest BCUT2D eigenvalue weighted by molar-refractivity contribution is 6.30. The first-order chi connectivity index (χ1) is 10.1. The number of halogens is 1. The van der Waals surface area contributed by atoms with E-state index in [0.717, 1.165) is 23.4 Å². The fourth-order valence-corrected chi connectivity index (χ4v) is 2.96. The first-order valence-electron chi connectivity index (χ1n) is 8.38. The Hall–Kier alpha value is -0.730. The monoisotopic (exact) mass is 306 g/mol. The summed E-state index contributed by atoms with van der Waals surface area (Å²) < 4.78 is 0. The van der Waals surface area contributed by atoms with Crippen LogP contribution in [0.4, 0.5) is 5.69 Å². The van der Waals surface area contributed by atoms with E-state index in [2.05, 4.69) is 36.2 Å². The van der Waals surface area contributed by atoms with Gasteiger partial charge in [-0.3, -0.25) is 0 Å². The molecule has 0 unspecified atom stereocenters. The average Bonchev–Trinajstić information content (AvgIpc) is 3.31. The van der Waals surface area contributed by atoms with Gasteiger partial charge in [-0.2, -0.15) is 0 Å². The lowest BCUT2D eigenvalue weighted by Crippen LogP contribution is -2.30. The second-order valence-electron chi connectivity index (χ2n) is 7.10. The van der Waals surface area contributed by atoms with E-state index < -0.39 is 0 Å². The summed E-state index contributed by atoms with van der Waals surface area (Å²) in [5.41, 5.74) is 2.74. The van der Waals surface area contributed by atoms with Crippen LogP contribution < -0.4 is 10.2 Å². The molecule has 2 saturated carbocycles. The third-order valence-corrected chi connectivity index (χ3v) is 4.67. The molecule has 0 amide bonds. The van der Waals surface area contributed by atoms with Crippen LogP contribution in [-0.2, 0) is 6.54 Å². The van der Waals surface area contributed by atoms with Crippen molar-refractivity contribution >= 4 is 17.3 Å². The fourth-order valence-electron chi connectivity index (χ4n) is 2.79. The number of anilines is 1. The maximum Gasteiger partial charge on any atom is 0.0426 e. The summed E-state index contributed by atoms with van der Waals surface area (Å²) in [6.45, 7) is 7.75. The molecular weight excluding hydrogens is 280 g/mol. The second kappa shape index (κ2) is 6.58. The van der Waals surface area contributed by atoms with Crippen LogP contribution in [0.1, 0.15) is 45.1 Å². The predicted octanol–water partition coefficient (Wildman–Crippen LogP) is 4.46. The number of hydrogen-bond acceptors (Lipinski definition) is 2. The van der Waals surface area contributed by atoms with Gasteiger partial charge in [-0.1, -0.05) is 31.5 Å². The normalized spacial score (nSPS) is 18.3. The van der Waals surface area contributed by atoms with Crippen molar-refractivity contribution in [1.82, 2.24) is 5.32 Å². The molecule has 3 heteroatoms. The minimum absolute atomic E-state index is 0.508. The van der Waals surface area contributed by atoms with Crippen molar-refractivity contribution in [3.05, 3.63) is 28.8 Å². The molecule has 2 nitrogen and oxygen atoms in total. The van der Waals surface area contributed by atoms with Crippen molar-refractivity contribution in [2.45, 2.75) is 52.1 Å². The van der Waals surface area contributed by atoms with E-state index in [4.69, 9.17) is 11.6 Å². The zero-order chi connectivity index (χ0) is 14.8. The van der Waals surface area contributed by atoms with E-state index in [-0.39, 0.29) is 0 Å². The molecule has 1 N–H and O–H groups in total. The lowest BCUT2D eigenvalue weighted by molar-refractivity contribution is 0.586. The van der Waals surface area contributed by atoms with Crippen LogP contribution in [0.2, 0.25) is 5.02 Å². The van der Waals surface area contributed by atoms with Gasteiger partial charge in [0.1, 0.15) is 0 Å². The number of hydrogen-bond donors (Lipinski definition) is 1. The maximum atomic E-state index is 6.28. The van der Waals surface area contributed by atoms with Gasteiger partial charge >= 0.3 is 0 Å². The molecule has 116 valence electrons. The quantitative estimate of drug-likeness (QED) is 0.762. The Bertz CT molecular complexity index is 464. The standard InChI is InChI=1S/C18H27ClN2/c1-13(2)20-10-16-7-8-17(19)9-18(16)21(11-14-3-4-14)12-15-5-6-15/h7-9,13-15,20H,3-6,10-12H2,1-2H3. The molecule has 0 radical (unpaired) electrons. The molecule has 21 heavy (non-hydrogen) atoms. The van der Waals surface area contributed by atoms with Crippen LogP contribution >= 0.6 is 11.6 Å². The molecule has 1 aromatic carbocycles. The zero-order valence-electron chi connectivity index (χ0n) is 13.2. The molecule has 0 bridgehead atoms. The minimum Gasteiger partial charge on any atom is -0.371 e. The molecule has 0 spiro atoms. The molecule has 1 aromatic rings.